The number of sulfone groups is 1. The summed E-state index contributed by atoms with van der Waals surface area (Å²) in [5.41, 5.74) is 0. The van der Waals surface area contributed by atoms with Crippen molar-refractivity contribution in [2.75, 3.05) is 24.6 Å². The largest absolute Gasteiger partial charge is 0.481 e. The molecule has 1 fully saturated rings. The lowest BCUT2D eigenvalue weighted by Crippen LogP contribution is -2.53. The Kier molecular flexibility index (Phi) is 4.33. The van der Waals surface area contributed by atoms with E-state index in [-0.39, 0.29) is 37.1 Å². The van der Waals surface area contributed by atoms with Gasteiger partial charge in [0.1, 0.15) is 0 Å². The Labute approximate surface area is 99.7 Å². The zero-order valence-electron chi connectivity index (χ0n) is 9.55. The molecule has 1 aliphatic rings. The Morgan fingerprint density at radius 2 is 2.12 bits per heavy atom. The van der Waals surface area contributed by atoms with Gasteiger partial charge >= 0.3 is 12.0 Å². The summed E-state index contributed by atoms with van der Waals surface area (Å²) < 4.78 is 22.6. The summed E-state index contributed by atoms with van der Waals surface area (Å²) in [6, 6.07) is -0.785. The van der Waals surface area contributed by atoms with Crippen molar-refractivity contribution < 1.29 is 23.1 Å². The van der Waals surface area contributed by atoms with Crippen molar-refractivity contribution >= 4 is 21.8 Å². The predicted molar refractivity (Wildman–Crippen MR) is 60.5 cm³/mol. The summed E-state index contributed by atoms with van der Waals surface area (Å²) in [5.74, 6) is -1.07. The van der Waals surface area contributed by atoms with Crippen LogP contribution in [-0.4, -0.2) is 61.1 Å². The number of carbonyl (C=O) groups excluding carboxylic acids is 1. The van der Waals surface area contributed by atoms with Crippen molar-refractivity contribution in [1.29, 1.82) is 0 Å². The number of hydrogen-bond donors (Lipinski definition) is 2. The van der Waals surface area contributed by atoms with Gasteiger partial charge in [-0.25, -0.2) is 13.2 Å². The molecule has 1 unspecified atom stereocenters. The van der Waals surface area contributed by atoms with Crippen LogP contribution in [0.25, 0.3) is 0 Å². The highest BCUT2D eigenvalue weighted by Crippen LogP contribution is 2.11. The molecule has 0 saturated carbocycles. The number of carboxylic acid groups (broad SMARTS) is 1. The van der Waals surface area contributed by atoms with E-state index in [1.807, 2.05) is 0 Å². The summed E-state index contributed by atoms with van der Waals surface area (Å²) in [6.07, 6.45) is -0.147. The number of nitrogens with one attached hydrogen (secondary N) is 1. The van der Waals surface area contributed by atoms with Gasteiger partial charge in [0.25, 0.3) is 0 Å². The number of amides is 2. The Morgan fingerprint density at radius 1 is 1.47 bits per heavy atom. The quantitative estimate of drug-likeness (QED) is 0.700. The van der Waals surface area contributed by atoms with E-state index < -0.39 is 21.8 Å². The summed E-state index contributed by atoms with van der Waals surface area (Å²) in [7, 11) is -3.05. The van der Waals surface area contributed by atoms with Gasteiger partial charge in [0.2, 0.25) is 0 Å². The number of carboxylic acids is 1. The number of nitrogens with zero attached hydrogens (tertiary/aromatic N) is 1. The first-order valence-electron chi connectivity index (χ1n) is 5.28. The summed E-state index contributed by atoms with van der Waals surface area (Å²) in [5, 5.41) is 10.9. The van der Waals surface area contributed by atoms with Crippen LogP contribution in [0.1, 0.15) is 13.3 Å². The molecule has 8 heteroatoms. The van der Waals surface area contributed by atoms with Crippen molar-refractivity contribution in [2.24, 2.45) is 0 Å². The highest BCUT2D eigenvalue weighted by atomic mass is 32.2. The van der Waals surface area contributed by atoms with Crippen molar-refractivity contribution in [3.63, 3.8) is 0 Å². The molecular weight excluding hydrogens is 248 g/mol. The molecule has 98 valence electrons. The third-order valence-electron chi connectivity index (χ3n) is 2.55. The third kappa shape index (κ3) is 4.22. The van der Waals surface area contributed by atoms with Crippen molar-refractivity contribution in [1.82, 2.24) is 10.2 Å². The molecule has 0 spiro atoms. The SMILES string of the molecule is CC1CS(=O)(=O)CCN1C(=O)NCCC(=O)O. The molecule has 1 rings (SSSR count). The van der Waals surface area contributed by atoms with Gasteiger partial charge in [-0.15, -0.1) is 0 Å². The first kappa shape index (κ1) is 13.8. The molecule has 0 aromatic heterocycles. The van der Waals surface area contributed by atoms with E-state index in [2.05, 4.69) is 5.32 Å². The van der Waals surface area contributed by atoms with Gasteiger partial charge in [0.15, 0.2) is 9.84 Å². The maximum atomic E-state index is 11.6. The minimum absolute atomic E-state index is 0.0380. The van der Waals surface area contributed by atoms with Crippen molar-refractivity contribution in [2.45, 2.75) is 19.4 Å². The molecule has 2 N–H and O–H groups in total. The van der Waals surface area contributed by atoms with Crippen LogP contribution >= 0.6 is 0 Å². The zero-order valence-corrected chi connectivity index (χ0v) is 10.4. The molecule has 2 amide bonds. The van der Waals surface area contributed by atoms with Gasteiger partial charge in [-0.3, -0.25) is 4.79 Å². The van der Waals surface area contributed by atoms with Crippen LogP contribution in [0.5, 0.6) is 0 Å². The van der Waals surface area contributed by atoms with E-state index in [0.717, 1.165) is 0 Å². The highest BCUT2D eigenvalue weighted by Gasteiger charge is 2.30. The third-order valence-corrected chi connectivity index (χ3v) is 4.34. The van der Waals surface area contributed by atoms with Crippen LogP contribution in [0.4, 0.5) is 4.79 Å². The van der Waals surface area contributed by atoms with Gasteiger partial charge < -0.3 is 15.3 Å². The lowest BCUT2D eigenvalue weighted by Gasteiger charge is -2.33. The number of hydrogen-bond acceptors (Lipinski definition) is 4. The van der Waals surface area contributed by atoms with E-state index in [0.29, 0.717) is 0 Å². The molecule has 1 saturated heterocycles. The van der Waals surface area contributed by atoms with Crippen LogP contribution in [-0.2, 0) is 14.6 Å². The number of urea groups is 1. The van der Waals surface area contributed by atoms with E-state index in [4.69, 9.17) is 5.11 Å². The van der Waals surface area contributed by atoms with Crippen LogP contribution in [0.15, 0.2) is 0 Å². The predicted octanol–water partition coefficient (Wildman–Crippen LogP) is -0.710. The average Bonchev–Trinajstić information content (AvgIpc) is 2.14. The molecule has 17 heavy (non-hydrogen) atoms. The van der Waals surface area contributed by atoms with E-state index in [1.165, 1.54) is 4.90 Å². The normalized spacial score (nSPS) is 23.1. The van der Waals surface area contributed by atoms with Gasteiger partial charge in [-0.2, -0.15) is 0 Å². The summed E-state index contributed by atoms with van der Waals surface area (Å²) in [6.45, 7) is 1.86. The fraction of sp³-hybridized carbons (Fsp3) is 0.778. The maximum Gasteiger partial charge on any atom is 0.317 e. The fourth-order valence-corrected chi connectivity index (χ4v) is 3.23. The standard InChI is InChI=1S/C9H16N2O5S/c1-7-6-17(15,16)5-4-11(7)9(14)10-3-2-8(12)13/h7H,2-6H2,1H3,(H,10,14)(H,12,13). The van der Waals surface area contributed by atoms with Crippen LogP contribution < -0.4 is 5.32 Å². The molecule has 0 radical (unpaired) electrons. The maximum absolute atomic E-state index is 11.6. The smallest absolute Gasteiger partial charge is 0.317 e. The molecule has 0 bridgehead atoms. The van der Waals surface area contributed by atoms with Gasteiger partial charge in [0, 0.05) is 19.1 Å². The monoisotopic (exact) mass is 264 g/mol. The summed E-state index contributed by atoms with van der Waals surface area (Å²) in [4.78, 5) is 23.3. The molecule has 1 heterocycles. The van der Waals surface area contributed by atoms with Gasteiger partial charge in [0.05, 0.1) is 17.9 Å². The average molecular weight is 264 g/mol. The topological polar surface area (TPSA) is 104 Å². The van der Waals surface area contributed by atoms with Gasteiger partial charge in [-0.05, 0) is 6.92 Å². The van der Waals surface area contributed by atoms with Crippen molar-refractivity contribution in [3.05, 3.63) is 0 Å². The second kappa shape index (κ2) is 5.35. The molecule has 0 aromatic rings. The number of carbonyl (C=O) groups is 2. The minimum Gasteiger partial charge on any atom is -0.481 e. The first-order valence-corrected chi connectivity index (χ1v) is 7.10. The van der Waals surface area contributed by atoms with E-state index in [9.17, 15) is 18.0 Å². The first-order chi connectivity index (χ1) is 7.82. The highest BCUT2D eigenvalue weighted by molar-refractivity contribution is 7.91. The second-order valence-electron chi connectivity index (χ2n) is 4.03. The summed E-state index contributed by atoms with van der Waals surface area (Å²) >= 11 is 0. The molecule has 1 atom stereocenters. The Morgan fingerprint density at radius 3 is 2.65 bits per heavy atom. The molecule has 0 aromatic carbocycles. The Hall–Kier alpha value is -1.31. The van der Waals surface area contributed by atoms with Crippen LogP contribution in [0.2, 0.25) is 0 Å². The lowest BCUT2D eigenvalue weighted by molar-refractivity contribution is -0.136. The molecule has 7 nitrogen and oxygen atoms in total. The van der Waals surface area contributed by atoms with Crippen LogP contribution in [0, 0.1) is 0 Å². The number of rotatable bonds is 3. The molecular formula is C9H16N2O5S. The number of aliphatic carboxylic acids is 1. The second-order valence-corrected chi connectivity index (χ2v) is 6.26. The van der Waals surface area contributed by atoms with Gasteiger partial charge in [-0.1, -0.05) is 0 Å². The fourth-order valence-electron chi connectivity index (χ4n) is 1.68. The van der Waals surface area contributed by atoms with Crippen LogP contribution in [0.3, 0.4) is 0 Å². The molecule has 0 aliphatic carbocycles. The van der Waals surface area contributed by atoms with Crippen molar-refractivity contribution in [3.8, 4) is 0 Å². The lowest BCUT2D eigenvalue weighted by atomic mass is 10.3. The minimum atomic E-state index is -3.05. The Bertz CT molecular complexity index is 406. The van der Waals surface area contributed by atoms with E-state index >= 15 is 0 Å². The zero-order chi connectivity index (χ0) is 13.1. The molecule has 1 aliphatic heterocycles. The van der Waals surface area contributed by atoms with E-state index in [1.54, 1.807) is 6.92 Å². The Balaban J connectivity index is 2.45.